The largest absolute Gasteiger partial charge is 0.497 e. The van der Waals surface area contributed by atoms with Gasteiger partial charge in [-0.15, -0.1) is 0 Å². The van der Waals surface area contributed by atoms with E-state index >= 15 is 0 Å². The molecule has 2 atom stereocenters. The van der Waals surface area contributed by atoms with Crippen molar-refractivity contribution in [2.75, 3.05) is 7.11 Å². The molecule has 0 saturated heterocycles. The Labute approximate surface area is 150 Å². The first-order chi connectivity index (χ1) is 12.3. The summed E-state index contributed by atoms with van der Waals surface area (Å²) in [6, 6.07) is 11.6. The van der Waals surface area contributed by atoms with Crippen LogP contribution in [0.1, 0.15) is 19.4 Å². The van der Waals surface area contributed by atoms with Gasteiger partial charge >= 0.3 is 5.97 Å². The van der Waals surface area contributed by atoms with Gasteiger partial charge in [0.25, 0.3) is 5.91 Å². The summed E-state index contributed by atoms with van der Waals surface area (Å²) in [7, 11) is 1.54. The van der Waals surface area contributed by atoms with Gasteiger partial charge in [-0.05, 0) is 55.8 Å². The van der Waals surface area contributed by atoms with Crippen LogP contribution in [0.25, 0.3) is 0 Å². The number of amides is 1. The summed E-state index contributed by atoms with van der Waals surface area (Å²) in [5.74, 6) is -1.30. The van der Waals surface area contributed by atoms with Gasteiger partial charge in [-0.25, -0.2) is 9.18 Å². The molecule has 1 amide bonds. The number of methoxy groups -OCH3 is 1. The average Bonchev–Trinajstić information content (AvgIpc) is 2.62. The number of rotatable bonds is 7. The predicted octanol–water partition coefficient (Wildman–Crippen LogP) is 2.72. The highest BCUT2D eigenvalue weighted by atomic mass is 19.1. The van der Waals surface area contributed by atoms with Crippen molar-refractivity contribution in [3.63, 3.8) is 0 Å². The highest BCUT2D eigenvalue weighted by molar-refractivity contribution is 5.89. The van der Waals surface area contributed by atoms with Crippen molar-refractivity contribution in [3.05, 3.63) is 59.9 Å². The fourth-order valence-corrected chi connectivity index (χ4v) is 2.29. The number of carboxylic acids is 1. The fraction of sp³-hybridized carbons (Fsp3) is 0.263. The van der Waals surface area contributed by atoms with Crippen LogP contribution < -0.4 is 14.8 Å². The number of benzene rings is 2. The van der Waals surface area contributed by atoms with Crippen LogP contribution in [0.5, 0.6) is 11.5 Å². The van der Waals surface area contributed by atoms with Crippen molar-refractivity contribution in [2.45, 2.75) is 25.5 Å². The highest BCUT2D eigenvalue weighted by Gasteiger charge is 2.38. The number of nitrogens with one attached hydrogen (secondary N) is 1. The topological polar surface area (TPSA) is 84.9 Å². The molecule has 2 aromatic rings. The number of halogens is 1. The average molecular weight is 361 g/mol. The van der Waals surface area contributed by atoms with Crippen molar-refractivity contribution in [2.24, 2.45) is 0 Å². The first kappa shape index (κ1) is 19.2. The van der Waals surface area contributed by atoms with E-state index in [1.807, 2.05) is 0 Å². The molecule has 6 nitrogen and oxygen atoms in total. The number of carbonyl (C=O) groups excluding carboxylic acids is 1. The molecule has 0 radical (unpaired) electrons. The third-order valence-corrected chi connectivity index (χ3v) is 3.96. The number of carbonyl (C=O) groups is 2. The zero-order valence-corrected chi connectivity index (χ0v) is 14.7. The standard InChI is InChI=1S/C19H20FNO5/c1-12(26-16-10-8-15(25-3)9-11-16)17(22)21-19(2,18(23)24)13-4-6-14(20)7-5-13/h4-12H,1-3H3,(H,21,22)(H,23,24). The number of hydrogen-bond acceptors (Lipinski definition) is 4. The Bertz CT molecular complexity index is 776. The summed E-state index contributed by atoms with van der Waals surface area (Å²) in [5, 5.41) is 12.0. The van der Waals surface area contributed by atoms with Gasteiger partial charge in [0, 0.05) is 0 Å². The maximum atomic E-state index is 13.1. The number of carboxylic acid groups (broad SMARTS) is 1. The first-order valence-electron chi connectivity index (χ1n) is 7.88. The quantitative estimate of drug-likeness (QED) is 0.792. The monoisotopic (exact) mass is 361 g/mol. The normalized spacial score (nSPS) is 14.0. The smallest absolute Gasteiger partial charge is 0.333 e. The maximum absolute atomic E-state index is 13.1. The van der Waals surface area contributed by atoms with Crippen LogP contribution in [-0.2, 0) is 15.1 Å². The Morgan fingerprint density at radius 3 is 2.12 bits per heavy atom. The molecule has 0 aromatic heterocycles. The van der Waals surface area contributed by atoms with Gasteiger partial charge in [0.1, 0.15) is 17.3 Å². The minimum Gasteiger partial charge on any atom is -0.497 e. The van der Waals surface area contributed by atoms with Crippen molar-refractivity contribution in [1.82, 2.24) is 5.32 Å². The minimum atomic E-state index is -1.72. The molecule has 138 valence electrons. The Morgan fingerprint density at radius 1 is 1.08 bits per heavy atom. The lowest BCUT2D eigenvalue weighted by atomic mass is 9.91. The lowest BCUT2D eigenvalue weighted by Gasteiger charge is -2.28. The Kier molecular flexibility index (Phi) is 5.82. The van der Waals surface area contributed by atoms with Crippen LogP contribution >= 0.6 is 0 Å². The first-order valence-corrected chi connectivity index (χ1v) is 7.88. The van der Waals surface area contributed by atoms with E-state index in [2.05, 4.69) is 5.32 Å². The molecule has 2 aromatic carbocycles. The predicted molar refractivity (Wildman–Crippen MR) is 92.6 cm³/mol. The highest BCUT2D eigenvalue weighted by Crippen LogP contribution is 2.23. The summed E-state index contributed by atoms with van der Waals surface area (Å²) in [6.45, 7) is 2.84. The van der Waals surface area contributed by atoms with Crippen LogP contribution in [0, 0.1) is 5.82 Å². The van der Waals surface area contributed by atoms with Crippen LogP contribution in [0.3, 0.4) is 0 Å². The van der Waals surface area contributed by atoms with Crippen molar-refractivity contribution < 1.29 is 28.6 Å². The van der Waals surface area contributed by atoms with Crippen LogP contribution in [-0.4, -0.2) is 30.2 Å². The molecule has 0 saturated carbocycles. The second kappa shape index (κ2) is 7.86. The van der Waals surface area contributed by atoms with Crippen LogP contribution in [0.2, 0.25) is 0 Å². The molecule has 2 N–H and O–H groups in total. The van der Waals surface area contributed by atoms with E-state index in [1.54, 1.807) is 24.3 Å². The molecule has 7 heteroatoms. The summed E-state index contributed by atoms with van der Waals surface area (Å²) in [6.07, 6.45) is -0.942. The van der Waals surface area contributed by atoms with Crippen molar-refractivity contribution in [1.29, 1.82) is 0 Å². The second-order valence-corrected chi connectivity index (χ2v) is 5.86. The van der Waals surface area contributed by atoms with E-state index in [9.17, 15) is 19.1 Å². The molecule has 0 bridgehead atoms. The van der Waals surface area contributed by atoms with Gasteiger partial charge in [0.2, 0.25) is 0 Å². The van der Waals surface area contributed by atoms with Gasteiger partial charge in [-0.1, -0.05) is 12.1 Å². The number of hydrogen-bond donors (Lipinski definition) is 2. The summed E-state index contributed by atoms with van der Waals surface area (Å²) < 4.78 is 23.7. The van der Waals surface area contributed by atoms with E-state index in [0.717, 1.165) is 12.1 Å². The van der Waals surface area contributed by atoms with E-state index in [0.29, 0.717) is 11.5 Å². The molecule has 0 heterocycles. The lowest BCUT2D eigenvalue weighted by Crippen LogP contribution is -2.53. The Hall–Kier alpha value is -3.09. The summed E-state index contributed by atoms with van der Waals surface area (Å²) >= 11 is 0. The zero-order chi connectivity index (χ0) is 19.3. The molecular formula is C19H20FNO5. The third kappa shape index (κ3) is 4.30. The minimum absolute atomic E-state index is 0.247. The van der Waals surface area contributed by atoms with Crippen molar-refractivity contribution in [3.8, 4) is 11.5 Å². The molecule has 0 aliphatic heterocycles. The van der Waals surface area contributed by atoms with E-state index in [4.69, 9.17) is 9.47 Å². The fourth-order valence-electron chi connectivity index (χ4n) is 2.29. The molecule has 2 rings (SSSR count). The van der Waals surface area contributed by atoms with Gasteiger partial charge in [-0.3, -0.25) is 4.79 Å². The van der Waals surface area contributed by atoms with Gasteiger partial charge in [-0.2, -0.15) is 0 Å². The second-order valence-electron chi connectivity index (χ2n) is 5.86. The van der Waals surface area contributed by atoms with Crippen LogP contribution in [0.15, 0.2) is 48.5 Å². The molecule has 26 heavy (non-hydrogen) atoms. The third-order valence-electron chi connectivity index (χ3n) is 3.96. The molecule has 0 spiro atoms. The van der Waals surface area contributed by atoms with E-state index in [1.165, 1.54) is 33.1 Å². The zero-order valence-electron chi connectivity index (χ0n) is 14.7. The Balaban J connectivity index is 2.13. The van der Waals surface area contributed by atoms with Gasteiger partial charge < -0.3 is 19.9 Å². The maximum Gasteiger partial charge on any atom is 0.333 e. The van der Waals surface area contributed by atoms with Gasteiger partial charge in [0.15, 0.2) is 11.6 Å². The molecule has 2 unspecified atom stereocenters. The number of aliphatic carboxylic acids is 1. The number of ether oxygens (including phenoxy) is 2. The summed E-state index contributed by atoms with van der Waals surface area (Å²) in [5.41, 5.74) is -1.47. The van der Waals surface area contributed by atoms with Crippen molar-refractivity contribution >= 4 is 11.9 Å². The van der Waals surface area contributed by atoms with Gasteiger partial charge in [0.05, 0.1) is 7.11 Å². The molecule has 0 aliphatic rings. The van der Waals surface area contributed by atoms with Crippen LogP contribution in [0.4, 0.5) is 4.39 Å². The molecule has 0 aliphatic carbocycles. The SMILES string of the molecule is COc1ccc(OC(C)C(=O)NC(C)(C(=O)O)c2ccc(F)cc2)cc1. The Morgan fingerprint density at radius 2 is 1.62 bits per heavy atom. The van der Waals surface area contributed by atoms with E-state index in [-0.39, 0.29) is 5.56 Å². The lowest BCUT2D eigenvalue weighted by molar-refractivity contribution is -0.148. The van der Waals surface area contributed by atoms with E-state index < -0.39 is 29.3 Å². The molecule has 0 fully saturated rings. The molecular weight excluding hydrogens is 341 g/mol. The summed E-state index contributed by atoms with van der Waals surface area (Å²) in [4.78, 5) is 24.2.